The molecule has 0 unspecified atom stereocenters. The molecule has 0 saturated carbocycles. The lowest BCUT2D eigenvalue weighted by molar-refractivity contribution is 0.111. The summed E-state index contributed by atoms with van der Waals surface area (Å²) in [6.45, 7) is 10.1. The van der Waals surface area contributed by atoms with Crippen LogP contribution in [0.3, 0.4) is 0 Å². The van der Waals surface area contributed by atoms with Crippen molar-refractivity contribution in [1.29, 1.82) is 0 Å². The number of ether oxygens (including phenoxy) is 1. The Morgan fingerprint density at radius 3 is 2.21 bits per heavy atom. The minimum atomic E-state index is 0.510. The number of aryl methyl sites for hydroxylation is 2. The van der Waals surface area contributed by atoms with Gasteiger partial charge >= 0.3 is 0 Å². The normalized spacial score (nSPS) is 15.0. The molecule has 1 fully saturated rings. The maximum absolute atomic E-state index is 5.86. The first-order valence-electron chi connectivity index (χ1n) is 11.6. The number of nitrogens with zero attached hydrogens (tertiary/aromatic N) is 5. The van der Waals surface area contributed by atoms with Gasteiger partial charge < -0.3 is 9.26 Å². The fourth-order valence-electron chi connectivity index (χ4n) is 3.93. The van der Waals surface area contributed by atoms with Crippen molar-refractivity contribution in [2.75, 3.05) is 26.2 Å². The summed E-state index contributed by atoms with van der Waals surface area (Å²) < 4.78 is 11.4. The van der Waals surface area contributed by atoms with E-state index in [1.54, 1.807) is 11.3 Å². The summed E-state index contributed by atoms with van der Waals surface area (Å²) in [5.74, 6) is 2.20. The molecule has 34 heavy (non-hydrogen) atoms. The van der Waals surface area contributed by atoms with Gasteiger partial charge in [0.05, 0.1) is 12.2 Å². The van der Waals surface area contributed by atoms with E-state index >= 15 is 0 Å². The van der Waals surface area contributed by atoms with Gasteiger partial charge in [-0.15, -0.1) is 11.3 Å². The zero-order valence-corrected chi connectivity index (χ0v) is 20.4. The van der Waals surface area contributed by atoms with Gasteiger partial charge in [0.2, 0.25) is 11.7 Å². The van der Waals surface area contributed by atoms with Crippen LogP contribution in [0.2, 0.25) is 0 Å². The number of hydrogen-bond acceptors (Lipinski definition) is 8. The number of aromatic nitrogens is 3. The smallest absolute Gasteiger partial charge is 0.241 e. The van der Waals surface area contributed by atoms with Crippen LogP contribution in [0, 0.1) is 13.8 Å². The first kappa shape index (κ1) is 22.7. The lowest BCUT2D eigenvalue weighted by atomic mass is 10.1. The second kappa shape index (κ2) is 10.5. The highest BCUT2D eigenvalue weighted by Crippen LogP contribution is 2.19. The highest BCUT2D eigenvalue weighted by molar-refractivity contribution is 7.09. The molecule has 0 atom stereocenters. The number of rotatable bonds is 8. The minimum absolute atomic E-state index is 0.510. The molecule has 5 rings (SSSR count). The topological polar surface area (TPSA) is 67.5 Å². The van der Waals surface area contributed by atoms with E-state index in [9.17, 15) is 0 Å². The van der Waals surface area contributed by atoms with Crippen molar-refractivity contribution < 1.29 is 9.26 Å². The summed E-state index contributed by atoms with van der Waals surface area (Å²) in [5.41, 5.74) is 4.54. The van der Waals surface area contributed by atoms with E-state index in [0.29, 0.717) is 24.9 Å². The number of thiazole rings is 1. The van der Waals surface area contributed by atoms with E-state index in [1.165, 1.54) is 11.1 Å². The van der Waals surface area contributed by atoms with E-state index in [-0.39, 0.29) is 0 Å². The van der Waals surface area contributed by atoms with Crippen molar-refractivity contribution in [3.63, 3.8) is 0 Å². The molecular formula is C26H29N5O2S. The van der Waals surface area contributed by atoms with Crippen LogP contribution < -0.4 is 4.74 Å². The lowest BCUT2D eigenvalue weighted by Gasteiger charge is -2.33. The zero-order chi connectivity index (χ0) is 23.3. The predicted molar refractivity (Wildman–Crippen MR) is 133 cm³/mol. The van der Waals surface area contributed by atoms with E-state index in [0.717, 1.165) is 54.7 Å². The molecule has 0 spiro atoms. The summed E-state index contributed by atoms with van der Waals surface area (Å²) >= 11 is 1.66. The molecule has 1 saturated heterocycles. The molecule has 0 radical (unpaired) electrons. The second-order valence-electron chi connectivity index (χ2n) is 8.76. The van der Waals surface area contributed by atoms with Crippen molar-refractivity contribution in [2.45, 2.75) is 33.5 Å². The largest absolute Gasteiger partial charge is 0.486 e. The van der Waals surface area contributed by atoms with Crippen LogP contribution in [0.1, 0.15) is 27.7 Å². The fourth-order valence-corrected chi connectivity index (χ4v) is 4.63. The number of benzene rings is 2. The van der Waals surface area contributed by atoms with Gasteiger partial charge in [0.25, 0.3) is 0 Å². The highest BCUT2D eigenvalue weighted by Gasteiger charge is 2.20. The van der Waals surface area contributed by atoms with Crippen LogP contribution in [0.15, 0.2) is 58.4 Å². The Labute approximate surface area is 204 Å². The first-order chi connectivity index (χ1) is 16.6. The van der Waals surface area contributed by atoms with Crippen molar-refractivity contribution in [1.82, 2.24) is 24.9 Å². The maximum Gasteiger partial charge on any atom is 0.241 e. The Bertz CT molecular complexity index is 1190. The van der Waals surface area contributed by atoms with Gasteiger partial charge in [0, 0.05) is 43.7 Å². The standard InChI is InChI=1S/C26H29N5O2S/c1-19-3-7-21(8-4-19)26-28-24(33-29-26)16-31-13-11-30(12-14-31)15-22-18-34-25(27-22)17-32-23-9-5-20(2)6-10-23/h3-10,18H,11-17H2,1-2H3. The van der Waals surface area contributed by atoms with Crippen molar-refractivity contribution in [3.8, 4) is 17.1 Å². The Kier molecular flexibility index (Phi) is 6.99. The Balaban J connectivity index is 1.07. The van der Waals surface area contributed by atoms with Gasteiger partial charge in [-0.3, -0.25) is 9.80 Å². The van der Waals surface area contributed by atoms with Crippen LogP contribution in [0.4, 0.5) is 0 Å². The molecule has 0 aliphatic carbocycles. The maximum atomic E-state index is 5.86. The SMILES string of the molecule is Cc1ccc(OCc2nc(CN3CCN(Cc4nc(-c5ccc(C)cc5)no4)CC3)cs2)cc1. The molecule has 0 bridgehead atoms. The minimum Gasteiger partial charge on any atom is -0.486 e. The lowest BCUT2D eigenvalue weighted by Crippen LogP contribution is -2.45. The summed E-state index contributed by atoms with van der Waals surface area (Å²) in [6.07, 6.45) is 0. The molecule has 0 N–H and O–H groups in total. The molecule has 2 aromatic heterocycles. The fraction of sp³-hybridized carbons (Fsp3) is 0.346. The third kappa shape index (κ3) is 5.88. The quantitative estimate of drug-likeness (QED) is 0.366. The Hall–Kier alpha value is -3.07. The van der Waals surface area contributed by atoms with Crippen molar-refractivity contribution >= 4 is 11.3 Å². The zero-order valence-electron chi connectivity index (χ0n) is 19.6. The van der Waals surface area contributed by atoms with Gasteiger partial charge in [-0.25, -0.2) is 4.98 Å². The molecule has 1 aliphatic rings. The van der Waals surface area contributed by atoms with Gasteiger partial charge in [0.1, 0.15) is 17.4 Å². The van der Waals surface area contributed by atoms with E-state index in [4.69, 9.17) is 14.2 Å². The summed E-state index contributed by atoms with van der Waals surface area (Å²) in [6, 6.07) is 16.3. The monoisotopic (exact) mass is 475 g/mol. The molecule has 1 aliphatic heterocycles. The van der Waals surface area contributed by atoms with Crippen LogP contribution in [-0.2, 0) is 19.7 Å². The molecule has 176 valence electrons. The van der Waals surface area contributed by atoms with Crippen molar-refractivity contribution in [3.05, 3.63) is 81.6 Å². The third-order valence-corrected chi connectivity index (χ3v) is 6.84. The molecule has 7 nitrogen and oxygen atoms in total. The third-order valence-electron chi connectivity index (χ3n) is 5.97. The average Bonchev–Trinajstić information content (AvgIpc) is 3.50. The van der Waals surface area contributed by atoms with Crippen LogP contribution in [0.25, 0.3) is 11.4 Å². The van der Waals surface area contributed by atoms with Crippen LogP contribution >= 0.6 is 11.3 Å². The molecular weight excluding hydrogens is 446 g/mol. The first-order valence-corrected chi connectivity index (χ1v) is 12.5. The summed E-state index contributed by atoms with van der Waals surface area (Å²) in [7, 11) is 0. The van der Waals surface area contributed by atoms with Crippen LogP contribution in [0.5, 0.6) is 5.75 Å². The molecule has 4 aromatic rings. The highest BCUT2D eigenvalue weighted by atomic mass is 32.1. The molecule has 3 heterocycles. The van der Waals surface area contributed by atoms with E-state index < -0.39 is 0 Å². The predicted octanol–water partition coefficient (Wildman–Crippen LogP) is 4.71. The van der Waals surface area contributed by atoms with Crippen molar-refractivity contribution in [2.24, 2.45) is 0 Å². The molecule has 8 heteroatoms. The molecule has 2 aromatic carbocycles. The molecule has 0 amide bonds. The number of hydrogen-bond donors (Lipinski definition) is 0. The Morgan fingerprint density at radius 1 is 0.853 bits per heavy atom. The van der Waals surface area contributed by atoms with Gasteiger partial charge in [-0.05, 0) is 26.0 Å². The summed E-state index contributed by atoms with van der Waals surface area (Å²) in [5, 5.41) is 7.31. The Morgan fingerprint density at radius 2 is 1.50 bits per heavy atom. The second-order valence-corrected chi connectivity index (χ2v) is 9.71. The van der Waals surface area contributed by atoms with E-state index in [2.05, 4.69) is 63.4 Å². The van der Waals surface area contributed by atoms with E-state index in [1.807, 2.05) is 24.3 Å². The van der Waals surface area contributed by atoms with Gasteiger partial charge in [0.15, 0.2) is 0 Å². The van der Waals surface area contributed by atoms with Gasteiger partial charge in [-0.2, -0.15) is 4.98 Å². The average molecular weight is 476 g/mol. The van der Waals surface area contributed by atoms with Gasteiger partial charge in [-0.1, -0.05) is 52.7 Å². The summed E-state index contributed by atoms with van der Waals surface area (Å²) in [4.78, 5) is 14.2. The van der Waals surface area contributed by atoms with Crippen LogP contribution in [-0.4, -0.2) is 51.1 Å². The number of piperazine rings is 1.